The number of hydrogen-bond donors (Lipinski definition) is 0. The van der Waals surface area contributed by atoms with Gasteiger partial charge in [0.25, 0.3) is 0 Å². The van der Waals surface area contributed by atoms with Crippen molar-refractivity contribution in [3.63, 3.8) is 0 Å². The molecule has 2 aromatic rings. The van der Waals surface area contributed by atoms with Crippen LogP contribution < -0.4 is 4.90 Å². The number of nitrogens with zero attached hydrogens (tertiary/aromatic N) is 2. The molecule has 1 aliphatic rings. The van der Waals surface area contributed by atoms with Crippen molar-refractivity contribution in [2.75, 3.05) is 16.4 Å². The third-order valence-corrected chi connectivity index (χ3v) is 6.11. The van der Waals surface area contributed by atoms with E-state index in [1.807, 2.05) is 12.1 Å². The molecule has 1 unspecified atom stereocenters. The molecular formula is C18H19FN2O3S. The number of benzene rings is 1. The minimum absolute atomic E-state index is 0.0551. The summed E-state index contributed by atoms with van der Waals surface area (Å²) in [5, 5.41) is 0. The first-order valence-corrected chi connectivity index (χ1v) is 9.91. The van der Waals surface area contributed by atoms with E-state index in [0.717, 1.165) is 0 Å². The Morgan fingerprint density at radius 3 is 2.56 bits per heavy atom. The number of carbonyl (C=O) groups excluding carboxylic acids is 1. The van der Waals surface area contributed by atoms with Gasteiger partial charge in [-0.3, -0.25) is 9.78 Å². The Bertz CT molecular complexity index is 838. The molecule has 7 heteroatoms. The Kier molecular flexibility index (Phi) is 5.13. The SMILES string of the molecule is O=C(CC1CCS(=O)(=O)C1)N(Cc1ccccn1)c1ccc(F)cc1. The van der Waals surface area contributed by atoms with Crippen LogP contribution in [0.5, 0.6) is 0 Å². The van der Waals surface area contributed by atoms with Crippen LogP contribution in [0.1, 0.15) is 18.5 Å². The van der Waals surface area contributed by atoms with Gasteiger partial charge in [0.05, 0.1) is 23.7 Å². The van der Waals surface area contributed by atoms with Crippen molar-refractivity contribution in [3.8, 4) is 0 Å². The van der Waals surface area contributed by atoms with Gasteiger partial charge in [-0.15, -0.1) is 0 Å². The molecule has 25 heavy (non-hydrogen) atoms. The predicted molar refractivity (Wildman–Crippen MR) is 93.2 cm³/mol. The molecular weight excluding hydrogens is 343 g/mol. The van der Waals surface area contributed by atoms with Crippen LogP contribution in [0.2, 0.25) is 0 Å². The topological polar surface area (TPSA) is 67.3 Å². The number of hydrogen-bond acceptors (Lipinski definition) is 4. The molecule has 1 fully saturated rings. The maximum Gasteiger partial charge on any atom is 0.227 e. The van der Waals surface area contributed by atoms with Crippen LogP contribution in [0.3, 0.4) is 0 Å². The van der Waals surface area contributed by atoms with Gasteiger partial charge in [-0.2, -0.15) is 0 Å². The van der Waals surface area contributed by atoms with Gasteiger partial charge in [0.2, 0.25) is 5.91 Å². The summed E-state index contributed by atoms with van der Waals surface area (Å²) in [7, 11) is -3.03. The molecule has 0 aliphatic carbocycles. The predicted octanol–water partition coefficient (Wildman–Crippen LogP) is 2.58. The molecule has 0 N–H and O–H groups in total. The maximum atomic E-state index is 13.2. The summed E-state index contributed by atoms with van der Waals surface area (Å²) in [4.78, 5) is 18.6. The standard InChI is InChI=1S/C18H19FN2O3S/c19-15-4-6-17(7-5-15)21(12-16-3-1-2-9-20-16)18(22)11-14-8-10-25(23,24)13-14/h1-7,9,14H,8,10-13H2. The molecule has 0 radical (unpaired) electrons. The van der Waals surface area contributed by atoms with Gasteiger partial charge in [0, 0.05) is 18.3 Å². The zero-order valence-corrected chi connectivity index (χ0v) is 14.5. The quantitative estimate of drug-likeness (QED) is 0.820. The van der Waals surface area contributed by atoms with Gasteiger partial charge >= 0.3 is 0 Å². The van der Waals surface area contributed by atoms with Crippen molar-refractivity contribution in [2.45, 2.75) is 19.4 Å². The maximum absolute atomic E-state index is 13.2. The molecule has 5 nitrogen and oxygen atoms in total. The fourth-order valence-corrected chi connectivity index (χ4v) is 4.85. The van der Waals surface area contributed by atoms with Gasteiger partial charge < -0.3 is 4.90 Å². The molecule has 132 valence electrons. The second-order valence-corrected chi connectivity index (χ2v) is 8.48. The second-order valence-electron chi connectivity index (χ2n) is 6.25. The van der Waals surface area contributed by atoms with Crippen LogP contribution in [-0.4, -0.2) is 30.8 Å². The number of amides is 1. The smallest absolute Gasteiger partial charge is 0.227 e. The molecule has 1 aromatic heterocycles. The minimum atomic E-state index is -3.03. The summed E-state index contributed by atoms with van der Waals surface area (Å²) in [5.74, 6) is -0.527. The number of anilines is 1. The van der Waals surface area contributed by atoms with Crippen molar-refractivity contribution >= 4 is 21.4 Å². The van der Waals surface area contributed by atoms with Crippen LogP contribution in [0.4, 0.5) is 10.1 Å². The fourth-order valence-electron chi connectivity index (χ4n) is 2.99. The number of halogens is 1. The first kappa shape index (κ1) is 17.5. The molecule has 3 rings (SSSR count). The van der Waals surface area contributed by atoms with E-state index < -0.39 is 9.84 Å². The van der Waals surface area contributed by atoms with Crippen LogP contribution >= 0.6 is 0 Å². The van der Waals surface area contributed by atoms with Crippen molar-refractivity contribution in [3.05, 3.63) is 60.2 Å². The lowest BCUT2D eigenvalue weighted by atomic mass is 10.0. The van der Waals surface area contributed by atoms with E-state index in [4.69, 9.17) is 0 Å². The highest BCUT2D eigenvalue weighted by Gasteiger charge is 2.31. The van der Waals surface area contributed by atoms with E-state index >= 15 is 0 Å². The van der Waals surface area contributed by atoms with Crippen molar-refractivity contribution in [1.29, 1.82) is 0 Å². The van der Waals surface area contributed by atoms with E-state index in [0.29, 0.717) is 17.8 Å². The third-order valence-electron chi connectivity index (χ3n) is 4.28. The molecule has 1 atom stereocenters. The minimum Gasteiger partial charge on any atom is -0.306 e. The molecule has 0 saturated carbocycles. The lowest BCUT2D eigenvalue weighted by molar-refractivity contribution is -0.119. The highest BCUT2D eigenvalue weighted by atomic mass is 32.2. The number of rotatable bonds is 5. The summed E-state index contributed by atoms with van der Waals surface area (Å²) >= 11 is 0. The lowest BCUT2D eigenvalue weighted by Gasteiger charge is -2.24. The Hall–Kier alpha value is -2.28. The van der Waals surface area contributed by atoms with E-state index in [1.54, 1.807) is 24.4 Å². The normalized spacial score (nSPS) is 18.8. The van der Waals surface area contributed by atoms with Crippen molar-refractivity contribution < 1.29 is 17.6 Å². The Morgan fingerprint density at radius 2 is 1.96 bits per heavy atom. The average molecular weight is 362 g/mol. The van der Waals surface area contributed by atoms with E-state index in [9.17, 15) is 17.6 Å². The first-order valence-electron chi connectivity index (χ1n) is 8.09. The van der Waals surface area contributed by atoms with Gasteiger partial charge in [0.1, 0.15) is 5.82 Å². The van der Waals surface area contributed by atoms with E-state index in [1.165, 1.54) is 17.0 Å². The zero-order chi connectivity index (χ0) is 17.9. The van der Waals surface area contributed by atoms with E-state index in [2.05, 4.69) is 4.98 Å². The van der Waals surface area contributed by atoms with Crippen molar-refractivity contribution in [1.82, 2.24) is 4.98 Å². The third kappa shape index (κ3) is 4.63. The fraction of sp³-hybridized carbons (Fsp3) is 0.333. The Balaban J connectivity index is 1.80. The highest BCUT2D eigenvalue weighted by Crippen LogP contribution is 2.25. The number of carbonyl (C=O) groups is 1. The first-order chi connectivity index (χ1) is 11.9. The molecule has 1 aromatic carbocycles. The number of sulfone groups is 1. The number of aromatic nitrogens is 1. The Labute approximate surface area is 146 Å². The summed E-state index contributed by atoms with van der Waals surface area (Å²) in [5.41, 5.74) is 1.28. The van der Waals surface area contributed by atoms with Gasteiger partial charge in [-0.05, 0) is 48.7 Å². The molecule has 1 amide bonds. The summed E-state index contributed by atoms with van der Waals surface area (Å²) in [6.07, 6.45) is 2.31. The molecule has 0 spiro atoms. The monoisotopic (exact) mass is 362 g/mol. The van der Waals surface area contributed by atoms with Gasteiger partial charge in [-0.25, -0.2) is 12.8 Å². The highest BCUT2D eigenvalue weighted by molar-refractivity contribution is 7.91. The zero-order valence-electron chi connectivity index (χ0n) is 13.6. The van der Waals surface area contributed by atoms with Crippen LogP contribution in [-0.2, 0) is 21.2 Å². The summed E-state index contributed by atoms with van der Waals surface area (Å²) in [6.45, 7) is 0.255. The molecule has 1 saturated heterocycles. The van der Waals surface area contributed by atoms with Crippen LogP contribution in [0.25, 0.3) is 0 Å². The largest absolute Gasteiger partial charge is 0.306 e. The van der Waals surface area contributed by atoms with Crippen LogP contribution in [0, 0.1) is 11.7 Å². The molecule has 1 aliphatic heterocycles. The van der Waals surface area contributed by atoms with E-state index in [-0.39, 0.29) is 42.1 Å². The average Bonchev–Trinajstić information content (AvgIpc) is 2.93. The molecule has 0 bridgehead atoms. The Morgan fingerprint density at radius 1 is 1.20 bits per heavy atom. The number of pyridine rings is 1. The summed E-state index contributed by atoms with van der Waals surface area (Å²) < 4.78 is 36.4. The lowest BCUT2D eigenvalue weighted by Crippen LogP contribution is -2.32. The van der Waals surface area contributed by atoms with Gasteiger partial charge in [-0.1, -0.05) is 6.07 Å². The van der Waals surface area contributed by atoms with Crippen molar-refractivity contribution in [2.24, 2.45) is 5.92 Å². The van der Waals surface area contributed by atoms with Gasteiger partial charge in [0.15, 0.2) is 9.84 Å². The molecule has 2 heterocycles. The summed E-state index contributed by atoms with van der Waals surface area (Å²) in [6, 6.07) is 11.1. The van der Waals surface area contributed by atoms with Crippen LogP contribution in [0.15, 0.2) is 48.7 Å². The second kappa shape index (κ2) is 7.31.